The number of amides is 2. The second-order valence-electron chi connectivity index (χ2n) is 5.35. The summed E-state index contributed by atoms with van der Waals surface area (Å²) in [6.45, 7) is 2.00. The summed E-state index contributed by atoms with van der Waals surface area (Å²) in [5, 5.41) is 10.8. The third-order valence-corrected chi connectivity index (χ3v) is 3.96. The van der Waals surface area contributed by atoms with E-state index in [0.29, 0.717) is 0 Å². The van der Waals surface area contributed by atoms with Crippen molar-refractivity contribution in [2.75, 3.05) is 19.8 Å². The summed E-state index contributed by atoms with van der Waals surface area (Å²) >= 11 is 0. The highest BCUT2D eigenvalue weighted by Crippen LogP contribution is 2.27. The topological polar surface area (TPSA) is 83.8 Å². The molecule has 0 bridgehead atoms. The fourth-order valence-electron chi connectivity index (χ4n) is 2.82. The first-order valence-electron chi connectivity index (χ1n) is 6.95. The maximum atomic E-state index is 12.3. The van der Waals surface area contributed by atoms with Crippen LogP contribution in [0.3, 0.4) is 0 Å². The van der Waals surface area contributed by atoms with Gasteiger partial charge in [-0.05, 0) is 32.0 Å². The van der Waals surface area contributed by atoms with Gasteiger partial charge in [0.2, 0.25) is 0 Å². The zero-order valence-electron chi connectivity index (χ0n) is 11.4. The number of rotatable bonds is 3. The van der Waals surface area contributed by atoms with Crippen molar-refractivity contribution in [3.05, 3.63) is 39.4 Å². The molecule has 1 fully saturated rings. The van der Waals surface area contributed by atoms with Gasteiger partial charge in [-0.25, -0.2) is 0 Å². The zero-order valence-corrected chi connectivity index (χ0v) is 11.4. The van der Waals surface area contributed by atoms with Crippen LogP contribution in [0.25, 0.3) is 0 Å². The fraction of sp³-hybridized carbons (Fsp3) is 0.429. The standard InChI is InChI=1S/C14H15N3O4/c18-13-11-5-4-10(17(20)21)8-12(11)14(19)16(13)9-15-6-2-1-3-7-15/h4-5,8H,1-3,6-7,9H2. The van der Waals surface area contributed by atoms with Gasteiger partial charge in [0.1, 0.15) is 0 Å². The van der Waals surface area contributed by atoms with Gasteiger partial charge in [0.05, 0.1) is 22.7 Å². The summed E-state index contributed by atoms with van der Waals surface area (Å²) < 4.78 is 0. The Labute approximate surface area is 121 Å². The van der Waals surface area contributed by atoms with E-state index in [4.69, 9.17) is 0 Å². The number of nitro benzene ring substituents is 1. The van der Waals surface area contributed by atoms with Crippen LogP contribution in [0.5, 0.6) is 0 Å². The second-order valence-corrected chi connectivity index (χ2v) is 5.35. The number of nitro groups is 1. The minimum Gasteiger partial charge on any atom is -0.286 e. The maximum Gasteiger partial charge on any atom is 0.270 e. The van der Waals surface area contributed by atoms with E-state index in [-0.39, 0.29) is 29.4 Å². The van der Waals surface area contributed by atoms with E-state index in [2.05, 4.69) is 4.90 Å². The van der Waals surface area contributed by atoms with Gasteiger partial charge in [0.25, 0.3) is 17.5 Å². The van der Waals surface area contributed by atoms with Crippen molar-refractivity contribution in [3.63, 3.8) is 0 Å². The number of piperidine rings is 1. The lowest BCUT2D eigenvalue weighted by molar-refractivity contribution is -0.384. The highest BCUT2D eigenvalue weighted by molar-refractivity contribution is 6.21. The smallest absolute Gasteiger partial charge is 0.270 e. The van der Waals surface area contributed by atoms with Crippen LogP contribution in [0.15, 0.2) is 18.2 Å². The number of likely N-dealkylation sites (tertiary alicyclic amines) is 1. The molecule has 1 aromatic carbocycles. The van der Waals surface area contributed by atoms with Crippen molar-refractivity contribution < 1.29 is 14.5 Å². The Morgan fingerprint density at radius 2 is 1.71 bits per heavy atom. The highest BCUT2D eigenvalue weighted by atomic mass is 16.6. The van der Waals surface area contributed by atoms with E-state index >= 15 is 0 Å². The molecule has 1 aromatic rings. The molecule has 0 aromatic heterocycles. The molecule has 21 heavy (non-hydrogen) atoms. The molecule has 0 N–H and O–H groups in total. The van der Waals surface area contributed by atoms with Crippen molar-refractivity contribution in [2.24, 2.45) is 0 Å². The summed E-state index contributed by atoms with van der Waals surface area (Å²) in [7, 11) is 0. The van der Waals surface area contributed by atoms with E-state index in [1.807, 2.05) is 0 Å². The molecule has 7 heteroatoms. The molecule has 2 aliphatic heterocycles. The first-order chi connectivity index (χ1) is 10.1. The Morgan fingerprint density at radius 1 is 1.05 bits per heavy atom. The molecule has 7 nitrogen and oxygen atoms in total. The summed E-state index contributed by atoms with van der Waals surface area (Å²) in [5.74, 6) is -0.806. The summed E-state index contributed by atoms with van der Waals surface area (Å²) in [4.78, 5) is 38.0. The van der Waals surface area contributed by atoms with Crippen LogP contribution in [0.4, 0.5) is 5.69 Å². The Hall–Kier alpha value is -2.28. The molecule has 0 unspecified atom stereocenters. The molecular formula is C14H15N3O4. The molecule has 110 valence electrons. The number of carbonyl (C=O) groups is 2. The summed E-state index contributed by atoms with van der Waals surface area (Å²) in [6.07, 6.45) is 3.30. The first kappa shape index (κ1) is 13.7. The SMILES string of the molecule is O=C1c2ccc([N+](=O)[O-])cc2C(=O)N1CN1CCCCC1. The minimum atomic E-state index is -0.564. The van der Waals surface area contributed by atoms with Gasteiger partial charge >= 0.3 is 0 Å². The first-order valence-corrected chi connectivity index (χ1v) is 6.95. The normalized spacial score (nSPS) is 19.0. The van der Waals surface area contributed by atoms with Crippen molar-refractivity contribution in [1.82, 2.24) is 9.80 Å². The van der Waals surface area contributed by atoms with Gasteiger partial charge in [-0.3, -0.25) is 29.5 Å². The summed E-state index contributed by atoms with van der Waals surface area (Å²) in [5.41, 5.74) is 0.212. The highest BCUT2D eigenvalue weighted by Gasteiger charge is 2.37. The van der Waals surface area contributed by atoms with Crippen LogP contribution in [0, 0.1) is 10.1 Å². The van der Waals surface area contributed by atoms with Crippen molar-refractivity contribution in [1.29, 1.82) is 0 Å². The average Bonchev–Trinajstić information content (AvgIpc) is 2.73. The molecule has 0 spiro atoms. The second kappa shape index (κ2) is 5.25. The van der Waals surface area contributed by atoms with E-state index in [1.54, 1.807) is 0 Å². The Balaban J connectivity index is 1.84. The lowest BCUT2D eigenvalue weighted by atomic mass is 10.1. The maximum absolute atomic E-state index is 12.3. The van der Waals surface area contributed by atoms with Crippen LogP contribution in [-0.4, -0.2) is 46.3 Å². The van der Waals surface area contributed by atoms with Crippen LogP contribution in [0.2, 0.25) is 0 Å². The Kier molecular flexibility index (Phi) is 3.42. The number of hydrogen-bond donors (Lipinski definition) is 0. The van der Waals surface area contributed by atoms with Crippen LogP contribution in [-0.2, 0) is 0 Å². The number of nitrogens with zero attached hydrogens (tertiary/aromatic N) is 3. The van der Waals surface area contributed by atoms with Crippen molar-refractivity contribution in [3.8, 4) is 0 Å². The molecule has 0 aliphatic carbocycles. The van der Waals surface area contributed by atoms with Gasteiger partial charge < -0.3 is 0 Å². The number of imide groups is 1. The van der Waals surface area contributed by atoms with Crippen LogP contribution >= 0.6 is 0 Å². The van der Waals surface area contributed by atoms with Crippen LogP contribution in [0.1, 0.15) is 40.0 Å². The zero-order chi connectivity index (χ0) is 15.0. The average molecular weight is 289 g/mol. The molecular weight excluding hydrogens is 274 g/mol. The number of carbonyl (C=O) groups excluding carboxylic acids is 2. The monoisotopic (exact) mass is 289 g/mol. The predicted molar refractivity (Wildman–Crippen MR) is 73.9 cm³/mol. The lowest BCUT2D eigenvalue weighted by Crippen LogP contribution is -2.43. The number of non-ortho nitro benzene ring substituents is 1. The van der Waals surface area contributed by atoms with E-state index < -0.39 is 10.8 Å². The van der Waals surface area contributed by atoms with Crippen molar-refractivity contribution in [2.45, 2.75) is 19.3 Å². The van der Waals surface area contributed by atoms with Gasteiger partial charge in [0, 0.05) is 12.1 Å². The largest absolute Gasteiger partial charge is 0.286 e. The lowest BCUT2D eigenvalue weighted by Gasteiger charge is -2.29. The van der Waals surface area contributed by atoms with E-state index in [0.717, 1.165) is 25.9 Å². The molecule has 0 radical (unpaired) electrons. The van der Waals surface area contributed by atoms with Crippen LogP contribution < -0.4 is 0 Å². The van der Waals surface area contributed by atoms with E-state index in [9.17, 15) is 19.7 Å². The molecule has 2 heterocycles. The molecule has 2 aliphatic rings. The third kappa shape index (κ3) is 2.40. The predicted octanol–water partition coefficient (Wildman–Crippen LogP) is 1.63. The Morgan fingerprint density at radius 3 is 2.38 bits per heavy atom. The van der Waals surface area contributed by atoms with Gasteiger partial charge in [0.15, 0.2) is 0 Å². The molecule has 1 saturated heterocycles. The molecule has 0 saturated carbocycles. The molecule has 3 rings (SSSR count). The minimum absolute atomic E-state index is 0.131. The number of benzene rings is 1. The van der Waals surface area contributed by atoms with Gasteiger partial charge in [-0.15, -0.1) is 0 Å². The quantitative estimate of drug-likeness (QED) is 0.480. The Bertz CT molecular complexity index is 623. The van der Waals surface area contributed by atoms with Crippen molar-refractivity contribution >= 4 is 17.5 Å². The molecule has 0 atom stereocenters. The summed E-state index contributed by atoms with van der Waals surface area (Å²) in [6, 6.07) is 3.81. The number of fused-ring (bicyclic) bond motifs is 1. The third-order valence-electron chi connectivity index (χ3n) is 3.96. The van der Waals surface area contributed by atoms with Gasteiger partial charge in [-0.1, -0.05) is 6.42 Å². The molecule has 2 amide bonds. The fourth-order valence-corrected chi connectivity index (χ4v) is 2.82. The number of hydrogen-bond acceptors (Lipinski definition) is 5. The van der Waals surface area contributed by atoms with E-state index in [1.165, 1.54) is 29.5 Å². The van der Waals surface area contributed by atoms with Gasteiger partial charge in [-0.2, -0.15) is 0 Å².